The molecule has 34 heavy (non-hydrogen) atoms. The van der Waals surface area contributed by atoms with Gasteiger partial charge in [0.25, 0.3) is 5.91 Å². The molecule has 0 unspecified atom stereocenters. The lowest BCUT2D eigenvalue weighted by atomic mass is 10.2. The van der Waals surface area contributed by atoms with Crippen molar-refractivity contribution in [2.75, 3.05) is 17.2 Å². The number of amides is 1. The summed E-state index contributed by atoms with van der Waals surface area (Å²) in [7, 11) is 0. The summed E-state index contributed by atoms with van der Waals surface area (Å²) < 4.78 is 12.3. The van der Waals surface area contributed by atoms with Gasteiger partial charge < -0.3 is 20.1 Å². The van der Waals surface area contributed by atoms with Gasteiger partial charge in [-0.05, 0) is 88.6 Å². The van der Waals surface area contributed by atoms with Crippen LogP contribution in [0.15, 0.2) is 102 Å². The van der Waals surface area contributed by atoms with E-state index < -0.39 is 0 Å². The molecule has 0 spiro atoms. The lowest BCUT2D eigenvalue weighted by molar-refractivity contribution is -0.118. The molecule has 0 aliphatic carbocycles. The summed E-state index contributed by atoms with van der Waals surface area (Å²) in [5, 5.41) is 6.27. The number of halogens is 1. The molecule has 0 bridgehead atoms. The van der Waals surface area contributed by atoms with E-state index >= 15 is 0 Å². The zero-order valence-corrected chi connectivity index (χ0v) is 20.3. The van der Waals surface area contributed by atoms with Crippen molar-refractivity contribution in [2.45, 2.75) is 13.5 Å². The first-order valence-electron chi connectivity index (χ1n) is 10.9. The number of anilines is 2. The van der Waals surface area contributed by atoms with Crippen LogP contribution in [0.1, 0.15) is 11.1 Å². The maximum Gasteiger partial charge on any atom is 0.262 e. The summed E-state index contributed by atoms with van der Waals surface area (Å²) in [6.45, 7) is 2.53. The predicted octanol–water partition coefficient (Wildman–Crippen LogP) is 7.18. The fourth-order valence-electron chi connectivity index (χ4n) is 3.28. The van der Waals surface area contributed by atoms with Crippen LogP contribution in [0.4, 0.5) is 11.4 Å². The Bertz CT molecular complexity index is 1240. The Morgan fingerprint density at radius 2 is 1.56 bits per heavy atom. The van der Waals surface area contributed by atoms with Gasteiger partial charge in [0, 0.05) is 17.9 Å². The summed E-state index contributed by atoms with van der Waals surface area (Å²) in [6, 6.07) is 31.0. The van der Waals surface area contributed by atoms with Crippen molar-refractivity contribution in [1.29, 1.82) is 0 Å². The molecule has 0 saturated carbocycles. The predicted molar refractivity (Wildman–Crippen MR) is 140 cm³/mol. The van der Waals surface area contributed by atoms with Crippen LogP contribution < -0.4 is 20.1 Å². The van der Waals surface area contributed by atoms with Gasteiger partial charge in [-0.15, -0.1) is 0 Å². The molecule has 5 nitrogen and oxygen atoms in total. The first kappa shape index (κ1) is 23.4. The van der Waals surface area contributed by atoms with E-state index in [2.05, 4.69) is 26.6 Å². The number of hydrogen-bond donors (Lipinski definition) is 2. The largest absolute Gasteiger partial charge is 0.483 e. The van der Waals surface area contributed by atoms with Crippen molar-refractivity contribution in [2.24, 2.45) is 0 Å². The van der Waals surface area contributed by atoms with Crippen LogP contribution in [0.25, 0.3) is 0 Å². The molecule has 172 valence electrons. The van der Waals surface area contributed by atoms with Crippen molar-refractivity contribution in [1.82, 2.24) is 0 Å². The summed E-state index contributed by atoms with van der Waals surface area (Å²) in [4.78, 5) is 12.2. The van der Waals surface area contributed by atoms with Crippen molar-refractivity contribution >= 4 is 33.2 Å². The molecule has 6 heteroatoms. The van der Waals surface area contributed by atoms with Crippen LogP contribution in [0.2, 0.25) is 0 Å². The molecule has 2 N–H and O–H groups in total. The number of nitrogens with one attached hydrogen (secondary N) is 2. The van der Waals surface area contributed by atoms with E-state index in [1.807, 2.05) is 104 Å². The van der Waals surface area contributed by atoms with Gasteiger partial charge in [0.1, 0.15) is 17.2 Å². The van der Waals surface area contributed by atoms with Gasteiger partial charge in [0.15, 0.2) is 6.61 Å². The normalized spacial score (nSPS) is 10.4. The second-order valence-corrected chi connectivity index (χ2v) is 8.56. The van der Waals surface area contributed by atoms with E-state index in [1.165, 1.54) is 0 Å². The van der Waals surface area contributed by atoms with Crippen molar-refractivity contribution in [3.63, 3.8) is 0 Å². The molecule has 4 aromatic carbocycles. The number of carbonyl (C=O) groups excluding carboxylic acids is 1. The second-order valence-electron chi connectivity index (χ2n) is 7.71. The van der Waals surface area contributed by atoms with Crippen molar-refractivity contribution in [3.8, 4) is 17.2 Å². The Balaban J connectivity index is 1.26. The highest BCUT2D eigenvalue weighted by atomic mass is 79.9. The maximum atomic E-state index is 12.2. The zero-order chi connectivity index (χ0) is 23.8. The summed E-state index contributed by atoms with van der Waals surface area (Å²) in [5.74, 6) is 2.01. The maximum absolute atomic E-state index is 12.2. The summed E-state index contributed by atoms with van der Waals surface area (Å²) >= 11 is 3.54. The van der Waals surface area contributed by atoms with Gasteiger partial charge in [-0.3, -0.25) is 4.79 Å². The van der Waals surface area contributed by atoms with Crippen molar-refractivity contribution in [3.05, 3.63) is 113 Å². The van der Waals surface area contributed by atoms with Gasteiger partial charge in [-0.1, -0.05) is 42.5 Å². The van der Waals surface area contributed by atoms with Crippen molar-refractivity contribution < 1.29 is 14.3 Å². The molecule has 4 aromatic rings. The standard InChI is InChI=1S/C28H25BrN2O3/c1-20-7-5-6-10-26(20)31-28(32)19-33-27-16-11-21(17-25(27)29)18-30-22-12-14-24(15-13-22)34-23-8-3-2-4-9-23/h2-17,30H,18-19H2,1H3,(H,31,32). The van der Waals surface area contributed by atoms with Crippen LogP contribution >= 0.6 is 15.9 Å². The quantitative estimate of drug-likeness (QED) is 0.247. The molecule has 1 amide bonds. The third kappa shape index (κ3) is 6.62. The number of rotatable bonds is 9. The fourth-order valence-corrected chi connectivity index (χ4v) is 3.82. The van der Waals surface area contributed by atoms with Crippen LogP contribution in [0, 0.1) is 6.92 Å². The smallest absolute Gasteiger partial charge is 0.262 e. The van der Waals surface area contributed by atoms with Crippen LogP contribution in [0.3, 0.4) is 0 Å². The molecule has 0 atom stereocenters. The molecule has 0 radical (unpaired) electrons. The third-order valence-corrected chi connectivity index (χ3v) is 5.72. The molecule has 0 aliphatic rings. The lowest BCUT2D eigenvalue weighted by Gasteiger charge is -2.12. The monoisotopic (exact) mass is 516 g/mol. The van der Waals surface area contributed by atoms with Crippen LogP contribution in [0.5, 0.6) is 17.2 Å². The average molecular weight is 517 g/mol. The molecule has 0 fully saturated rings. The fraction of sp³-hybridized carbons (Fsp3) is 0.107. The molecule has 0 heterocycles. The van der Waals surface area contributed by atoms with E-state index in [4.69, 9.17) is 9.47 Å². The molecular weight excluding hydrogens is 492 g/mol. The van der Waals surface area contributed by atoms with E-state index in [0.717, 1.165) is 38.5 Å². The number of carbonyl (C=O) groups is 1. The number of aryl methyl sites for hydroxylation is 1. The SMILES string of the molecule is Cc1ccccc1NC(=O)COc1ccc(CNc2ccc(Oc3ccccc3)cc2)cc1Br. The number of ether oxygens (including phenoxy) is 2. The van der Waals surface area contributed by atoms with Gasteiger partial charge in [-0.2, -0.15) is 0 Å². The molecule has 0 saturated heterocycles. The Morgan fingerprint density at radius 1 is 0.853 bits per heavy atom. The minimum absolute atomic E-state index is 0.0675. The summed E-state index contributed by atoms with van der Waals surface area (Å²) in [6.07, 6.45) is 0. The minimum atomic E-state index is -0.202. The lowest BCUT2D eigenvalue weighted by Crippen LogP contribution is -2.20. The van der Waals surface area contributed by atoms with Gasteiger partial charge in [0.2, 0.25) is 0 Å². The highest BCUT2D eigenvalue weighted by Gasteiger charge is 2.08. The zero-order valence-electron chi connectivity index (χ0n) is 18.8. The molecular formula is C28H25BrN2O3. The van der Waals surface area contributed by atoms with Gasteiger partial charge in [0.05, 0.1) is 4.47 Å². The van der Waals surface area contributed by atoms with E-state index in [9.17, 15) is 4.79 Å². The highest BCUT2D eigenvalue weighted by molar-refractivity contribution is 9.10. The molecule has 0 aliphatic heterocycles. The number of benzene rings is 4. The minimum Gasteiger partial charge on any atom is -0.483 e. The van der Waals surface area contributed by atoms with E-state index in [1.54, 1.807) is 0 Å². The Labute approximate surface area is 207 Å². The van der Waals surface area contributed by atoms with Crippen LogP contribution in [-0.4, -0.2) is 12.5 Å². The first-order valence-corrected chi connectivity index (χ1v) is 11.7. The van der Waals surface area contributed by atoms with E-state index in [-0.39, 0.29) is 12.5 Å². The third-order valence-electron chi connectivity index (χ3n) is 5.10. The average Bonchev–Trinajstić information content (AvgIpc) is 2.85. The molecule has 0 aromatic heterocycles. The van der Waals surface area contributed by atoms with Gasteiger partial charge in [-0.25, -0.2) is 0 Å². The van der Waals surface area contributed by atoms with Gasteiger partial charge >= 0.3 is 0 Å². The topological polar surface area (TPSA) is 59.6 Å². The Hall–Kier alpha value is -3.77. The number of para-hydroxylation sites is 2. The molecule has 4 rings (SSSR count). The highest BCUT2D eigenvalue weighted by Crippen LogP contribution is 2.27. The number of hydrogen-bond acceptors (Lipinski definition) is 4. The van der Waals surface area contributed by atoms with E-state index in [0.29, 0.717) is 12.3 Å². The van der Waals surface area contributed by atoms with Crippen LogP contribution in [-0.2, 0) is 11.3 Å². The summed E-state index contributed by atoms with van der Waals surface area (Å²) in [5.41, 5.74) is 3.86. The second kappa shape index (κ2) is 11.4. The Kier molecular flexibility index (Phi) is 7.83. The first-order chi connectivity index (χ1) is 16.6. The Morgan fingerprint density at radius 3 is 2.29 bits per heavy atom.